The number of rotatable bonds is 7. The van der Waals surface area contributed by atoms with Crippen LogP contribution >= 0.6 is 0 Å². The van der Waals surface area contributed by atoms with Crippen LogP contribution in [-0.4, -0.2) is 44.3 Å². The molecule has 0 aliphatic rings. The fourth-order valence-electron chi connectivity index (χ4n) is 2.02. The SMILES string of the molecule is CCc1nnc(NCCNC(=O)c2ncccc2O)nc1CC. The van der Waals surface area contributed by atoms with Gasteiger partial charge in [0, 0.05) is 19.3 Å². The molecule has 0 radical (unpaired) electrons. The molecule has 2 rings (SSSR count). The largest absolute Gasteiger partial charge is 0.505 e. The molecule has 23 heavy (non-hydrogen) atoms. The summed E-state index contributed by atoms with van der Waals surface area (Å²) in [6, 6.07) is 2.98. The van der Waals surface area contributed by atoms with Gasteiger partial charge in [-0.05, 0) is 25.0 Å². The number of carbonyl (C=O) groups is 1. The molecule has 8 nitrogen and oxygen atoms in total. The molecule has 0 saturated heterocycles. The number of carbonyl (C=O) groups excluding carboxylic acids is 1. The molecule has 0 fully saturated rings. The van der Waals surface area contributed by atoms with Crippen molar-refractivity contribution >= 4 is 11.9 Å². The number of hydrogen-bond donors (Lipinski definition) is 3. The van der Waals surface area contributed by atoms with E-state index >= 15 is 0 Å². The Kier molecular flexibility index (Phi) is 5.79. The number of hydrogen-bond acceptors (Lipinski definition) is 7. The van der Waals surface area contributed by atoms with Gasteiger partial charge in [-0.25, -0.2) is 9.97 Å². The maximum Gasteiger partial charge on any atom is 0.273 e. The Hall–Kier alpha value is -2.77. The lowest BCUT2D eigenvalue weighted by atomic mass is 10.2. The van der Waals surface area contributed by atoms with Crippen LogP contribution in [0.5, 0.6) is 5.75 Å². The minimum absolute atomic E-state index is 0.00554. The number of nitrogens with one attached hydrogen (secondary N) is 2. The topological polar surface area (TPSA) is 113 Å². The van der Waals surface area contributed by atoms with Gasteiger partial charge in [-0.3, -0.25) is 4.79 Å². The Morgan fingerprint density at radius 3 is 2.65 bits per heavy atom. The Balaban J connectivity index is 1.84. The van der Waals surface area contributed by atoms with Crippen LogP contribution in [-0.2, 0) is 12.8 Å². The average Bonchev–Trinajstić information content (AvgIpc) is 2.58. The third kappa shape index (κ3) is 4.35. The van der Waals surface area contributed by atoms with Crippen LogP contribution in [0.15, 0.2) is 18.3 Å². The monoisotopic (exact) mass is 316 g/mol. The van der Waals surface area contributed by atoms with Gasteiger partial charge in [-0.1, -0.05) is 13.8 Å². The molecule has 122 valence electrons. The number of pyridine rings is 1. The predicted octanol–water partition coefficient (Wildman–Crippen LogP) is 0.939. The fraction of sp³-hybridized carbons (Fsp3) is 0.400. The Labute approximate surface area is 134 Å². The number of aryl methyl sites for hydroxylation is 2. The molecule has 0 bridgehead atoms. The van der Waals surface area contributed by atoms with Gasteiger partial charge >= 0.3 is 0 Å². The molecule has 0 saturated carbocycles. The van der Waals surface area contributed by atoms with Crippen LogP contribution < -0.4 is 10.6 Å². The van der Waals surface area contributed by atoms with Gasteiger partial charge < -0.3 is 15.7 Å². The highest BCUT2D eigenvalue weighted by Gasteiger charge is 2.11. The molecule has 0 aromatic carbocycles. The molecule has 0 aliphatic carbocycles. The van der Waals surface area contributed by atoms with Crippen LogP contribution in [0, 0.1) is 0 Å². The second kappa shape index (κ2) is 8.02. The fourth-order valence-corrected chi connectivity index (χ4v) is 2.02. The van der Waals surface area contributed by atoms with Crippen LogP contribution in [0.2, 0.25) is 0 Å². The summed E-state index contributed by atoms with van der Waals surface area (Å²) in [6.07, 6.45) is 3.05. The van der Waals surface area contributed by atoms with E-state index in [2.05, 4.69) is 30.8 Å². The normalized spacial score (nSPS) is 10.3. The number of aromatic hydroxyl groups is 1. The van der Waals surface area contributed by atoms with Gasteiger partial charge in [0.15, 0.2) is 5.69 Å². The zero-order valence-corrected chi connectivity index (χ0v) is 13.2. The smallest absolute Gasteiger partial charge is 0.273 e. The zero-order chi connectivity index (χ0) is 16.7. The van der Waals surface area contributed by atoms with E-state index in [9.17, 15) is 9.90 Å². The summed E-state index contributed by atoms with van der Waals surface area (Å²) in [6.45, 7) is 4.82. The summed E-state index contributed by atoms with van der Waals surface area (Å²) in [5.41, 5.74) is 1.83. The van der Waals surface area contributed by atoms with Crippen molar-refractivity contribution in [3.63, 3.8) is 0 Å². The van der Waals surface area contributed by atoms with E-state index in [0.717, 1.165) is 24.2 Å². The first kappa shape index (κ1) is 16.6. The van der Waals surface area contributed by atoms with Crippen LogP contribution in [0.3, 0.4) is 0 Å². The molecule has 1 amide bonds. The zero-order valence-electron chi connectivity index (χ0n) is 13.2. The molecule has 0 spiro atoms. The number of anilines is 1. The number of amides is 1. The highest BCUT2D eigenvalue weighted by atomic mass is 16.3. The van der Waals surface area contributed by atoms with Crippen molar-refractivity contribution in [1.82, 2.24) is 25.5 Å². The van der Waals surface area contributed by atoms with Crippen molar-refractivity contribution in [2.45, 2.75) is 26.7 Å². The van der Waals surface area contributed by atoms with E-state index in [4.69, 9.17) is 0 Å². The second-order valence-corrected chi connectivity index (χ2v) is 4.79. The van der Waals surface area contributed by atoms with Crippen molar-refractivity contribution in [1.29, 1.82) is 0 Å². The number of nitrogens with zero attached hydrogens (tertiary/aromatic N) is 4. The molecule has 0 unspecified atom stereocenters. The summed E-state index contributed by atoms with van der Waals surface area (Å²) < 4.78 is 0. The first-order valence-electron chi connectivity index (χ1n) is 7.54. The third-order valence-corrected chi connectivity index (χ3v) is 3.20. The maximum absolute atomic E-state index is 11.9. The molecule has 2 aromatic heterocycles. The minimum atomic E-state index is -0.431. The molecule has 0 aliphatic heterocycles. The van der Waals surface area contributed by atoms with Crippen molar-refractivity contribution < 1.29 is 9.90 Å². The summed E-state index contributed by atoms with van der Waals surface area (Å²) in [5, 5.41) is 23.4. The molecule has 2 heterocycles. The van der Waals surface area contributed by atoms with Crippen molar-refractivity contribution in [3.05, 3.63) is 35.4 Å². The van der Waals surface area contributed by atoms with Crippen molar-refractivity contribution in [3.8, 4) is 5.75 Å². The second-order valence-electron chi connectivity index (χ2n) is 4.79. The van der Waals surface area contributed by atoms with E-state index in [1.54, 1.807) is 6.07 Å². The lowest BCUT2D eigenvalue weighted by molar-refractivity contribution is 0.0947. The van der Waals surface area contributed by atoms with E-state index in [-0.39, 0.29) is 11.4 Å². The Morgan fingerprint density at radius 2 is 1.96 bits per heavy atom. The van der Waals surface area contributed by atoms with Gasteiger partial charge in [0.05, 0.1) is 11.4 Å². The lowest BCUT2D eigenvalue weighted by Gasteiger charge is -2.09. The molecule has 2 aromatic rings. The van der Waals surface area contributed by atoms with Crippen LogP contribution in [0.4, 0.5) is 5.95 Å². The minimum Gasteiger partial charge on any atom is -0.505 e. The van der Waals surface area contributed by atoms with E-state index in [0.29, 0.717) is 19.0 Å². The van der Waals surface area contributed by atoms with Crippen molar-refractivity contribution in [2.24, 2.45) is 0 Å². The number of aromatic nitrogens is 4. The van der Waals surface area contributed by atoms with Gasteiger partial charge in [-0.15, -0.1) is 5.10 Å². The molecule has 8 heteroatoms. The summed E-state index contributed by atoms with van der Waals surface area (Å²) in [7, 11) is 0. The van der Waals surface area contributed by atoms with Crippen LogP contribution in [0.1, 0.15) is 35.7 Å². The van der Waals surface area contributed by atoms with Crippen molar-refractivity contribution in [2.75, 3.05) is 18.4 Å². The van der Waals surface area contributed by atoms with Gasteiger partial charge in [-0.2, -0.15) is 5.10 Å². The molecular formula is C15H20N6O2. The highest BCUT2D eigenvalue weighted by Crippen LogP contribution is 2.11. The molecule has 3 N–H and O–H groups in total. The maximum atomic E-state index is 11.9. The summed E-state index contributed by atoms with van der Waals surface area (Å²) >= 11 is 0. The predicted molar refractivity (Wildman–Crippen MR) is 85.3 cm³/mol. The Morgan fingerprint density at radius 1 is 1.17 bits per heavy atom. The van der Waals surface area contributed by atoms with E-state index in [1.165, 1.54) is 12.3 Å². The average molecular weight is 316 g/mol. The first-order chi connectivity index (χ1) is 11.2. The lowest BCUT2D eigenvalue weighted by Crippen LogP contribution is -2.29. The van der Waals surface area contributed by atoms with Gasteiger partial charge in [0.1, 0.15) is 5.75 Å². The molecule has 0 atom stereocenters. The first-order valence-corrected chi connectivity index (χ1v) is 7.54. The molecular weight excluding hydrogens is 296 g/mol. The van der Waals surface area contributed by atoms with Gasteiger partial charge in [0.25, 0.3) is 5.91 Å². The Bertz CT molecular complexity index is 677. The van der Waals surface area contributed by atoms with E-state index in [1.807, 2.05) is 13.8 Å². The summed E-state index contributed by atoms with van der Waals surface area (Å²) in [5.74, 6) is -0.137. The van der Waals surface area contributed by atoms with Crippen LogP contribution in [0.25, 0.3) is 0 Å². The highest BCUT2D eigenvalue weighted by molar-refractivity contribution is 5.94. The third-order valence-electron chi connectivity index (χ3n) is 3.20. The van der Waals surface area contributed by atoms with Gasteiger partial charge in [0.2, 0.25) is 5.95 Å². The quantitative estimate of drug-likeness (QED) is 0.651. The summed E-state index contributed by atoms with van der Waals surface area (Å²) in [4.78, 5) is 20.1. The van der Waals surface area contributed by atoms with E-state index < -0.39 is 5.91 Å². The standard InChI is InChI=1S/C15H20N6O2/c1-3-10-11(4-2)20-21-15(19-10)18-9-8-17-14(23)13-12(22)6-5-7-16-13/h5-7,22H,3-4,8-9H2,1-2H3,(H,17,23)(H,18,19,21).